The number of aromatic nitrogens is 4. The van der Waals surface area contributed by atoms with E-state index in [4.69, 9.17) is 5.73 Å². The van der Waals surface area contributed by atoms with Gasteiger partial charge in [0.25, 0.3) is 0 Å². The van der Waals surface area contributed by atoms with Crippen molar-refractivity contribution < 1.29 is 0 Å². The summed E-state index contributed by atoms with van der Waals surface area (Å²) in [6, 6.07) is 3.74. The molecule has 0 amide bonds. The van der Waals surface area contributed by atoms with E-state index in [-0.39, 0.29) is 0 Å². The van der Waals surface area contributed by atoms with Gasteiger partial charge in [-0.05, 0) is 12.1 Å². The minimum absolute atomic E-state index is 0.389. The number of pyridine rings is 2. The second-order valence-corrected chi connectivity index (χ2v) is 3.01. The minimum Gasteiger partial charge on any atom is -0.369 e. The smallest absolute Gasteiger partial charge is 0.198 e. The summed E-state index contributed by atoms with van der Waals surface area (Å²) in [5.74, 6) is 0.389. The van der Waals surface area contributed by atoms with E-state index >= 15 is 0 Å². The van der Waals surface area contributed by atoms with Crippen LogP contribution in [0.2, 0.25) is 0 Å². The van der Waals surface area contributed by atoms with Crippen LogP contribution in [0.3, 0.4) is 0 Å². The summed E-state index contributed by atoms with van der Waals surface area (Å²) in [5, 5.41) is 0. The van der Waals surface area contributed by atoms with Gasteiger partial charge in [0.1, 0.15) is 11.0 Å². The maximum Gasteiger partial charge on any atom is 0.198 e. The van der Waals surface area contributed by atoms with Gasteiger partial charge in [-0.3, -0.25) is 9.97 Å². The van der Waals surface area contributed by atoms with Crippen LogP contribution in [-0.4, -0.2) is 19.9 Å². The Balaban J connectivity index is 2.60. The molecule has 3 heterocycles. The second kappa shape index (κ2) is 2.41. The molecule has 0 aliphatic rings. The molecule has 0 aromatic carbocycles. The zero-order valence-corrected chi connectivity index (χ0v) is 7.23. The minimum atomic E-state index is 0.389. The summed E-state index contributed by atoms with van der Waals surface area (Å²) in [6.07, 6.45) is 3.43. The van der Waals surface area contributed by atoms with Gasteiger partial charge in [0.05, 0.1) is 17.2 Å². The van der Waals surface area contributed by atoms with Crippen LogP contribution in [0.25, 0.3) is 22.1 Å². The molecule has 0 saturated carbocycles. The van der Waals surface area contributed by atoms with Crippen molar-refractivity contribution in [3.8, 4) is 0 Å². The number of H-pyrrole nitrogens is 1. The Morgan fingerprint density at radius 3 is 3.07 bits per heavy atom. The monoisotopic (exact) mass is 185 g/mol. The molecule has 0 aliphatic carbocycles. The van der Waals surface area contributed by atoms with Crippen molar-refractivity contribution >= 4 is 28.0 Å². The first-order valence-corrected chi connectivity index (χ1v) is 4.19. The van der Waals surface area contributed by atoms with Crippen molar-refractivity contribution in [2.75, 3.05) is 5.73 Å². The van der Waals surface area contributed by atoms with E-state index in [1.54, 1.807) is 12.4 Å². The highest BCUT2D eigenvalue weighted by Crippen LogP contribution is 2.19. The molecule has 5 heteroatoms. The number of nitrogens with two attached hydrogens (primary N) is 1. The summed E-state index contributed by atoms with van der Waals surface area (Å²) >= 11 is 0. The van der Waals surface area contributed by atoms with Crippen LogP contribution in [-0.2, 0) is 0 Å². The van der Waals surface area contributed by atoms with Gasteiger partial charge in [-0.1, -0.05) is 0 Å². The molecule has 0 aliphatic heterocycles. The Kier molecular flexibility index (Phi) is 1.25. The first-order chi connectivity index (χ1) is 6.84. The summed E-state index contributed by atoms with van der Waals surface area (Å²) in [6.45, 7) is 0. The van der Waals surface area contributed by atoms with E-state index < -0.39 is 0 Å². The van der Waals surface area contributed by atoms with Crippen LogP contribution >= 0.6 is 0 Å². The van der Waals surface area contributed by atoms with Gasteiger partial charge >= 0.3 is 0 Å². The SMILES string of the molecule is Nc1nc2c(cnc3cccnc32)[nH]1. The van der Waals surface area contributed by atoms with E-state index in [1.807, 2.05) is 12.1 Å². The lowest BCUT2D eigenvalue weighted by Gasteiger charge is -1.94. The van der Waals surface area contributed by atoms with E-state index in [9.17, 15) is 0 Å². The van der Waals surface area contributed by atoms with Crippen molar-refractivity contribution in [2.45, 2.75) is 0 Å². The topological polar surface area (TPSA) is 80.5 Å². The van der Waals surface area contributed by atoms with Crippen LogP contribution in [0.1, 0.15) is 0 Å². The molecular formula is C9H7N5. The average molecular weight is 185 g/mol. The third-order valence-electron chi connectivity index (χ3n) is 2.09. The molecule has 0 radical (unpaired) electrons. The molecule has 0 fully saturated rings. The van der Waals surface area contributed by atoms with Gasteiger partial charge in [-0.15, -0.1) is 0 Å². The fourth-order valence-electron chi connectivity index (χ4n) is 1.50. The Labute approximate surface area is 79.0 Å². The number of nitrogen functional groups attached to an aromatic ring is 1. The lowest BCUT2D eigenvalue weighted by molar-refractivity contribution is 1.35. The molecule has 68 valence electrons. The molecule has 0 bridgehead atoms. The number of hydrogen-bond acceptors (Lipinski definition) is 4. The van der Waals surface area contributed by atoms with E-state index in [2.05, 4.69) is 19.9 Å². The van der Waals surface area contributed by atoms with E-state index in [1.165, 1.54) is 0 Å². The van der Waals surface area contributed by atoms with Crippen LogP contribution < -0.4 is 5.73 Å². The van der Waals surface area contributed by atoms with Crippen molar-refractivity contribution in [1.82, 2.24) is 19.9 Å². The van der Waals surface area contributed by atoms with Gasteiger partial charge < -0.3 is 10.7 Å². The highest BCUT2D eigenvalue weighted by atomic mass is 15.0. The highest BCUT2D eigenvalue weighted by molar-refractivity contribution is 5.99. The molecule has 3 aromatic heterocycles. The first-order valence-electron chi connectivity index (χ1n) is 4.19. The second-order valence-electron chi connectivity index (χ2n) is 3.01. The number of imidazole rings is 1. The lowest BCUT2D eigenvalue weighted by atomic mass is 10.3. The zero-order chi connectivity index (χ0) is 9.54. The maximum atomic E-state index is 5.56. The summed E-state index contributed by atoms with van der Waals surface area (Å²) in [4.78, 5) is 15.5. The van der Waals surface area contributed by atoms with Gasteiger partial charge in [0.15, 0.2) is 5.95 Å². The van der Waals surface area contributed by atoms with E-state index in [0.717, 1.165) is 22.1 Å². The van der Waals surface area contributed by atoms with Gasteiger partial charge in [-0.25, -0.2) is 4.98 Å². The molecule has 3 N–H and O–H groups in total. The maximum absolute atomic E-state index is 5.56. The standard InChI is InChI=1S/C9H7N5/c10-9-13-6-4-12-5-2-1-3-11-7(5)8(6)14-9/h1-4H,(H3,10,13,14). The molecule has 14 heavy (non-hydrogen) atoms. The number of nitrogens with zero attached hydrogens (tertiary/aromatic N) is 3. The molecule has 0 atom stereocenters. The number of hydrogen-bond donors (Lipinski definition) is 2. The zero-order valence-electron chi connectivity index (χ0n) is 7.23. The Hall–Kier alpha value is -2.17. The Morgan fingerprint density at radius 1 is 1.21 bits per heavy atom. The summed E-state index contributed by atoms with van der Waals surface area (Å²) in [5.41, 5.74) is 8.75. The fourth-order valence-corrected chi connectivity index (χ4v) is 1.50. The number of anilines is 1. The third-order valence-corrected chi connectivity index (χ3v) is 2.09. The molecular weight excluding hydrogens is 178 g/mol. The van der Waals surface area contributed by atoms with Crippen molar-refractivity contribution in [3.05, 3.63) is 24.5 Å². The molecule has 3 aromatic rings. The van der Waals surface area contributed by atoms with Gasteiger partial charge in [0.2, 0.25) is 0 Å². The van der Waals surface area contributed by atoms with E-state index in [0.29, 0.717) is 5.95 Å². The fraction of sp³-hybridized carbons (Fsp3) is 0. The predicted octanol–water partition coefficient (Wildman–Crippen LogP) is 1.09. The molecule has 0 saturated heterocycles. The molecule has 0 spiro atoms. The van der Waals surface area contributed by atoms with Crippen molar-refractivity contribution in [1.29, 1.82) is 0 Å². The molecule has 0 unspecified atom stereocenters. The number of nitrogens with one attached hydrogen (secondary N) is 1. The van der Waals surface area contributed by atoms with Crippen LogP contribution in [0.15, 0.2) is 24.5 Å². The van der Waals surface area contributed by atoms with Crippen molar-refractivity contribution in [3.63, 3.8) is 0 Å². The lowest BCUT2D eigenvalue weighted by Crippen LogP contribution is -1.84. The predicted molar refractivity (Wildman–Crippen MR) is 53.6 cm³/mol. The average Bonchev–Trinajstić information content (AvgIpc) is 2.59. The number of rotatable bonds is 0. The third kappa shape index (κ3) is 0.861. The largest absolute Gasteiger partial charge is 0.369 e. The number of aromatic amines is 1. The molecule has 5 nitrogen and oxygen atoms in total. The van der Waals surface area contributed by atoms with Gasteiger partial charge in [0, 0.05) is 6.20 Å². The summed E-state index contributed by atoms with van der Waals surface area (Å²) < 4.78 is 0. The quantitative estimate of drug-likeness (QED) is 0.549. The van der Waals surface area contributed by atoms with Crippen LogP contribution in [0.5, 0.6) is 0 Å². The van der Waals surface area contributed by atoms with Crippen LogP contribution in [0, 0.1) is 0 Å². The summed E-state index contributed by atoms with van der Waals surface area (Å²) in [7, 11) is 0. The Bertz CT molecular complexity index is 613. The Morgan fingerprint density at radius 2 is 2.14 bits per heavy atom. The normalized spacial score (nSPS) is 11.1. The molecule has 3 rings (SSSR count). The van der Waals surface area contributed by atoms with Gasteiger partial charge in [-0.2, -0.15) is 0 Å². The van der Waals surface area contributed by atoms with Crippen LogP contribution in [0.4, 0.5) is 5.95 Å². The van der Waals surface area contributed by atoms with Crippen molar-refractivity contribution in [2.24, 2.45) is 0 Å². The first kappa shape index (κ1) is 7.25. The highest BCUT2D eigenvalue weighted by Gasteiger charge is 2.05. The number of fused-ring (bicyclic) bond motifs is 3.